The van der Waals surface area contributed by atoms with Crippen LogP contribution in [0.4, 0.5) is 4.79 Å². The van der Waals surface area contributed by atoms with Gasteiger partial charge in [-0.05, 0) is 69.4 Å². The molecule has 2 heterocycles. The summed E-state index contributed by atoms with van der Waals surface area (Å²) in [5.41, 5.74) is -1.09. The number of hydrogen-bond donors (Lipinski definition) is 1. The number of ketones is 1. The van der Waals surface area contributed by atoms with Crippen molar-refractivity contribution in [2.75, 3.05) is 7.11 Å². The van der Waals surface area contributed by atoms with E-state index >= 15 is 0 Å². The number of amides is 1. The van der Waals surface area contributed by atoms with Gasteiger partial charge in [-0.25, -0.2) is 9.59 Å². The summed E-state index contributed by atoms with van der Waals surface area (Å²) < 4.78 is 9.88. The van der Waals surface area contributed by atoms with Gasteiger partial charge in [-0.15, -0.1) is 17.9 Å². The molecule has 0 spiro atoms. The first kappa shape index (κ1) is 30.2. The highest BCUT2D eigenvalue weighted by atomic mass is 32.1. The van der Waals surface area contributed by atoms with Crippen LogP contribution in [0.25, 0.3) is 0 Å². The topological polar surface area (TPSA) is 106 Å². The van der Waals surface area contributed by atoms with Crippen molar-refractivity contribution in [1.29, 1.82) is 0 Å². The van der Waals surface area contributed by atoms with Crippen LogP contribution in [0.3, 0.4) is 0 Å². The number of aromatic hydroxyl groups is 1. The summed E-state index contributed by atoms with van der Waals surface area (Å²) >= 11 is 1.77. The molecule has 8 heteroatoms. The molecule has 0 aliphatic rings. The second-order valence-electron chi connectivity index (χ2n) is 9.55. The minimum absolute atomic E-state index is 0.0104. The third-order valence-electron chi connectivity index (χ3n) is 6.61. The van der Waals surface area contributed by atoms with E-state index in [0.29, 0.717) is 25.0 Å². The highest BCUT2D eigenvalue weighted by molar-refractivity contribution is 7.12. The van der Waals surface area contributed by atoms with Gasteiger partial charge in [0.1, 0.15) is 17.1 Å². The van der Waals surface area contributed by atoms with Crippen LogP contribution in [-0.4, -0.2) is 30.3 Å². The highest BCUT2D eigenvalue weighted by Crippen LogP contribution is 2.29. The third kappa shape index (κ3) is 9.43. The molecule has 0 aliphatic heterocycles. The number of aryl methyl sites for hydroxylation is 1. The van der Waals surface area contributed by atoms with Gasteiger partial charge in [-0.3, -0.25) is 4.79 Å². The summed E-state index contributed by atoms with van der Waals surface area (Å²) in [5, 5.41) is 10.6. The van der Waals surface area contributed by atoms with Crippen molar-refractivity contribution in [1.82, 2.24) is 0 Å². The molecule has 3 unspecified atom stereocenters. The van der Waals surface area contributed by atoms with Gasteiger partial charge in [0.05, 0.1) is 7.11 Å². The Morgan fingerprint density at radius 1 is 1.16 bits per heavy atom. The maximum absolute atomic E-state index is 13.2. The molecular formula is C29H39NO6S. The third-order valence-corrected chi connectivity index (χ3v) is 7.78. The van der Waals surface area contributed by atoms with Crippen molar-refractivity contribution in [2.45, 2.75) is 78.1 Å². The molecule has 0 fully saturated rings. The number of ether oxygens (including phenoxy) is 1. The number of thiophene rings is 1. The van der Waals surface area contributed by atoms with Gasteiger partial charge in [0.25, 0.3) is 0 Å². The van der Waals surface area contributed by atoms with E-state index in [9.17, 15) is 19.5 Å². The fourth-order valence-corrected chi connectivity index (χ4v) is 5.25. The van der Waals surface area contributed by atoms with E-state index in [0.717, 1.165) is 32.1 Å². The number of nitrogens with zero attached hydrogens (tertiary/aromatic N) is 1. The van der Waals surface area contributed by atoms with Crippen molar-refractivity contribution < 1.29 is 23.8 Å². The molecule has 2 aromatic heterocycles. The maximum Gasteiger partial charge on any atom is 0.432 e. The van der Waals surface area contributed by atoms with Gasteiger partial charge in [0.2, 0.25) is 0 Å². The SMILES string of the molecule is C=CCCCCc1ccc(CC(C)C(C)C(=O)c2c(O)cc(C(C)CCCC=NC(=O)OC)oc2=O)s1. The first-order valence-electron chi connectivity index (χ1n) is 12.9. The van der Waals surface area contributed by atoms with Crippen LogP contribution >= 0.6 is 11.3 Å². The Hall–Kier alpha value is -3.00. The number of unbranched alkanes of at least 4 members (excludes halogenated alkanes) is 3. The number of allylic oxidation sites excluding steroid dienone is 1. The highest BCUT2D eigenvalue weighted by Gasteiger charge is 2.28. The molecule has 0 saturated heterocycles. The van der Waals surface area contributed by atoms with Gasteiger partial charge in [-0.1, -0.05) is 26.8 Å². The molecule has 1 N–H and O–H groups in total. The molecule has 37 heavy (non-hydrogen) atoms. The van der Waals surface area contributed by atoms with Gasteiger partial charge in [-0.2, -0.15) is 4.99 Å². The quantitative estimate of drug-likeness (QED) is 0.114. The Morgan fingerprint density at radius 2 is 1.89 bits per heavy atom. The maximum atomic E-state index is 13.2. The molecule has 0 radical (unpaired) electrons. The average Bonchev–Trinajstić information content (AvgIpc) is 3.31. The lowest BCUT2D eigenvalue weighted by molar-refractivity contribution is 0.0885. The molecule has 0 aliphatic carbocycles. The lowest BCUT2D eigenvalue weighted by Gasteiger charge is -2.18. The number of Topliss-reactive ketones (excluding diaryl/α,β-unsaturated/α-hetero) is 1. The summed E-state index contributed by atoms with van der Waals surface area (Å²) in [6.45, 7) is 9.41. The van der Waals surface area contributed by atoms with Crippen molar-refractivity contribution >= 4 is 29.4 Å². The Balaban J connectivity index is 1.98. The zero-order valence-electron chi connectivity index (χ0n) is 22.3. The van der Waals surface area contributed by atoms with Crippen molar-refractivity contribution in [2.24, 2.45) is 16.8 Å². The molecule has 1 amide bonds. The number of carbonyl (C=O) groups excluding carboxylic acids is 2. The van der Waals surface area contributed by atoms with Crippen LogP contribution < -0.4 is 5.63 Å². The Labute approximate surface area is 223 Å². The lowest BCUT2D eigenvalue weighted by Crippen LogP contribution is -2.26. The lowest BCUT2D eigenvalue weighted by atomic mass is 9.86. The zero-order chi connectivity index (χ0) is 27.4. The van der Waals surface area contributed by atoms with Gasteiger partial charge < -0.3 is 14.3 Å². The van der Waals surface area contributed by atoms with Crippen molar-refractivity contribution in [3.8, 4) is 5.75 Å². The molecule has 0 bridgehead atoms. The summed E-state index contributed by atoms with van der Waals surface area (Å²) in [5.74, 6) is -1.04. The smallest absolute Gasteiger partial charge is 0.432 e. The molecule has 202 valence electrons. The van der Waals surface area contributed by atoms with Crippen LogP contribution in [-0.2, 0) is 17.6 Å². The Bertz CT molecular complexity index is 1130. The van der Waals surface area contributed by atoms with E-state index in [1.807, 2.05) is 19.9 Å². The van der Waals surface area contributed by atoms with Crippen LogP contribution in [0.2, 0.25) is 0 Å². The fraction of sp³-hybridized carbons (Fsp3) is 0.517. The second-order valence-corrected chi connectivity index (χ2v) is 10.8. The zero-order valence-corrected chi connectivity index (χ0v) is 23.1. The fourth-order valence-electron chi connectivity index (χ4n) is 4.05. The number of rotatable bonds is 15. The minimum atomic E-state index is -0.809. The monoisotopic (exact) mass is 529 g/mol. The standard InChI is InChI=1S/C29H39NO6S/c1-6-7-8-9-13-22-14-15-23(37-22)17-20(3)21(4)27(32)26-24(31)18-25(36-28(26)33)19(2)12-10-11-16-30-29(34)35-5/h6,14-16,18-21,31H,1,7-13,17H2,2-5H3. The van der Waals surface area contributed by atoms with Crippen molar-refractivity contribution in [3.05, 3.63) is 62.4 Å². The van der Waals surface area contributed by atoms with Crippen LogP contribution in [0, 0.1) is 11.8 Å². The molecule has 0 saturated carbocycles. The molecular weight excluding hydrogens is 490 g/mol. The number of aliphatic imine (C=N–C) groups is 1. The largest absolute Gasteiger partial charge is 0.507 e. The van der Waals surface area contributed by atoms with Crippen molar-refractivity contribution in [3.63, 3.8) is 0 Å². The summed E-state index contributed by atoms with van der Waals surface area (Å²) in [6.07, 6.45) is 9.74. The predicted molar refractivity (Wildman–Crippen MR) is 148 cm³/mol. The van der Waals surface area contributed by atoms with E-state index in [-0.39, 0.29) is 23.1 Å². The second kappa shape index (κ2) is 15.3. The summed E-state index contributed by atoms with van der Waals surface area (Å²) in [7, 11) is 1.26. The number of hydrogen-bond acceptors (Lipinski definition) is 7. The number of carbonyl (C=O) groups is 2. The van der Waals surface area contributed by atoms with E-state index in [1.54, 1.807) is 18.3 Å². The van der Waals surface area contributed by atoms with Crippen LogP contribution in [0.15, 0.2) is 45.1 Å². The summed E-state index contributed by atoms with van der Waals surface area (Å²) in [4.78, 5) is 43.0. The summed E-state index contributed by atoms with van der Waals surface area (Å²) in [6, 6.07) is 5.64. The van der Waals surface area contributed by atoms with E-state index < -0.39 is 23.4 Å². The van der Waals surface area contributed by atoms with E-state index in [1.165, 1.54) is 29.1 Å². The Morgan fingerprint density at radius 3 is 2.57 bits per heavy atom. The van der Waals surface area contributed by atoms with Gasteiger partial charge in [0, 0.05) is 33.9 Å². The normalized spacial score (nSPS) is 13.8. The average molecular weight is 530 g/mol. The van der Waals surface area contributed by atoms with E-state index in [2.05, 4.69) is 28.4 Å². The first-order valence-corrected chi connectivity index (χ1v) is 13.7. The predicted octanol–water partition coefficient (Wildman–Crippen LogP) is 7.11. The Kier molecular flexibility index (Phi) is 12.5. The van der Waals surface area contributed by atoms with Gasteiger partial charge in [0.15, 0.2) is 5.78 Å². The molecule has 7 nitrogen and oxygen atoms in total. The van der Waals surface area contributed by atoms with Gasteiger partial charge >= 0.3 is 11.7 Å². The van der Waals surface area contributed by atoms with Crippen LogP contribution in [0.5, 0.6) is 5.75 Å². The molecule has 3 atom stereocenters. The molecule has 2 rings (SSSR count). The molecule has 2 aromatic rings. The minimum Gasteiger partial charge on any atom is -0.507 e. The molecule has 0 aromatic carbocycles. The van der Waals surface area contributed by atoms with Crippen LogP contribution in [0.1, 0.15) is 91.1 Å². The first-order chi connectivity index (χ1) is 17.7. The van der Waals surface area contributed by atoms with E-state index in [4.69, 9.17) is 4.42 Å². The number of methoxy groups -OCH3 is 1.